The highest BCUT2D eigenvalue weighted by Crippen LogP contribution is 2.39. The first kappa shape index (κ1) is 12.6. The van der Waals surface area contributed by atoms with Crippen molar-refractivity contribution in [2.45, 2.75) is 48.4 Å². The Labute approximate surface area is 116 Å². The number of aliphatic hydroxyl groups is 1. The third kappa shape index (κ3) is 2.64. The Hall–Kier alpha value is -1.40. The largest absolute Gasteiger partial charge is 0.388 e. The minimum atomic E-state index is -0.436. The summed E-state index contributed by atoms with van der Waals surface area (Å²) in [6, 6.07) is 8.34. The number of tetrazole rings is 1. The molecule has 100 valence electrons. The van der Waals surface area contributed by atoms with Gasteiger partial charge in [0.05, 0.1) is 12.1 Å². The molecule has 1 heterocycles. The van der Waals surface area contributed by atoms with Crippen molar-refractivity contribution in [3.63, 3.8) is 0 Å². The van der Waals surface area contributed by atoms with Crippen LogP contribution in [0.4, 0.5) is 0 Å². The predicted octanol–water partition coefficient (Wildman–Crippen LogP) is 2.60. The van der Waals surface area contributed by atoms with Gasteiger partial charge in [-0.15, -0.1) is 5.10 Å². The van der Waals surface area contributed by atoms with Gasteiger partial charge in [0.1, 0.15) is 0 Å². The Morgan fingerprint density at radius 3 is 2.95 bits per heavy atom. The molecule has 0 amide bonds. The van der Waals surface area contributed by atoms with Crippen LogP contribution in [0.5, 0.6) is 0 Å². The van der Waals surface area contributed by atoms with Crippen molar-refractivity contribution in [1.29, 1.82) is 0 Å². The maximum atomic E-state index is 10.1. The van der Waals surface area contributed by atoms with Crippen molar-refractivity contribution in [2.24, 2.45) is 0 Å². The van der Waals surface area contributed by atoms with E-state index in [0.717, 1.165) is 28.5 Å². The van der Waals surface area contributed by atoms with E-state index in [1.54, 1.807) is 0 Å². The fourth-order valence-electron chi connectivity index (χ4n) is 1.97. The van der Waals surface area contributed by atoms with E-state index in [4.69, 9.17) is 0 Å². The summed E-state index contributed by atoms with van der Waals surface area (Å²) in [6.45, 7) is 1.97. The van der Waals surface area contributed by atoms with Crippen molar-refractivity contribution in [2.75, 3.05) is 0 Å². The highest BCUT2D eigenvalue weighted by Gasteiger charge is 2.28. The van der Waals surface area contributed by atoms with Gasteiger partial charge in [-0.3, -0.25) is 0 Å². The fourth-order valence-corrected chi connectivity index (χ4v) is 2.99. The lowest BCUT2D eigenvalue weighted by Gasteiger charge is -2.13. The van der Waals surface area contributed by atoms with E-state index in [0.29, 0.717) is 12.5 Å². The number of hydrogen-bond donors (Lipinski definition) is 1. The van der Waals surface area contributed by atoms with Crippen LogP contribution in [0.25, 0.3) is 0 Å². The third-order valence-corrected chi connectivity index (χ3v) is 4.26. The van der Waals surface area contributed by atoms with Gasteiger partial charge < -0.3 is 5.11 Å². The molecule has 1 aromatic carbocycles. The van der Waals surface area contributed by atoms with E-state index in [9.17, 15) is 5.11 Å². The first-order valence-electron chi connectivity index (χ1n) is 6.52. The summed E-state index contributed by atoms with van der Waals surface area (Å²) in [7, 11) is 0. The second-order valence-corrected chi connectivity index (χ2v) is 5.71. The summed E-state index contributed by atoms with van der Waals surface area (Å²) >= 11 is 1.53. The van der Waals surface area contributed by atoms with E-state index in [1.807, 2.05) is 35.9 Å². The molecule has 0 aliphatic heterocycles. The van der Waals surface area contributed by atoms with E-state index < -0.39 is 6.10 Å². The van der Waals surface area contributed by atoms with Gasteiger partial charge in [0.2, 0.25) is 5.16 Å². The van der Waals surface area contributed by atoms with Crippen molar-refractivity contribution in [3.8, 4) is 0 Å². The normalized spacial score (nSPS) is 16.5. The number of rotatable bonds is 5. The van der Waals surface area contributed by atoms with Gasteiger partial charge >= 0.3 is 0 Å². The quantitative estimate of drug-likeness (QED) is 0.909. The van der Waals surface area contributed by atoms with Gasteiger partial charge in [0.25, 0.3) is 0 Å². The zero-order valence-electron chi connectivity index (χ0n) is 10.7. The Morgan fingerprint density at radius 1 is 1.42 bits per heavy atom. The number of aromatic nitrogens is 4. The van der Waals surface area contributed by atoms with Crippen molar-refractivity contribution in [3.05, 3.63) is 29.8 Å². The Morgan fingerprint density at radius 2 is 2.21 bits per heavy atom. The summed E-state index contributed by atoms with van der Waals surface area (Å²) in [5.41, 5.74) is 0.945. The Kier molecular flexibility index (Phi) is 3.52. The number of hydrogen-bond acceptors (Lipinski definition) is 5. The minimum absolute atomic E-state index is 0.436. The van der Waals surface area contributed by atoms with E-state index in [2.05, 4.69) is 15.5 Å². The highest BCUT2D eigenvalue weighted by atomic mass is 32.2. The lowest BCUT2D eigenvalue weighted by molar-refractivity contribution is 0.171. The average molecular weight is 276 g/mol. The summed E-state index contributed by atoms with van der Waals surface area (Å²) in [4.78, 5) is 1.02. The lowest BCUT2D eigenvalue weighted by Crippen LogP contribution is -2.00. The molecule has 0 radical (unpaired) electrons. The first-order chi connectivity index (χ1) is 9.29. The Bertz CT molecular complexity index is 567. The summed E-state index contributed by atoms with van der Waals surface area (Å²) in [5, 5.41) is 22.7. The predicted molar refractivity (Wildman–Crippen MR) is 71.9 cm³/mol. The molecule has 1 aromatic heterocycles. The van der Waals surface area contributed by atoms with Crippen LogP contribution in [0, 0.1) is 0 Å². The maximum absolute atomic E-state index is 10.1. The van der Waals surface area contributed by atoms with Gasteiger partial charge in [0.15, 0.2) is 0 Å². The second kappa shape index (κ2) is 5.30. The van der Waals surface area contributed by atoms with Crippen LogP contribution in [0.2, 0.25) is 0 Å². The van der Waals surface area contributed by atoms with Crippen LogP contribution >= 0.6 is 11.8 Å². The van der Waals surface area contributed by atoms with E-state index in [1.165, 1.54) is 11.8 Å². The average Bonchev–Trinajstić information content (AvgIpc) is 3.19. The zero-order chi connectivity index (χ0) is 13.2. The topological polar surface area (TPSA) is 63.8 Å². The van der Waals surface area contributed by atoms with Gasteiger partial charge in [-0.1, -0.05) is 25.1 Å². The van der Waals surface area contributed by atoms with Crippen LogP contribution in [-0.2, 0) is 0 Å². The number of aliphatic hydroxyl groups excluding tert-OH is 1. The number of nitrogens with zero attached hydrogens (tertiary/aromatic N) is 4. The van der Waals surface area contributed by atoms with Crippen molar-refractivity contribution >= 4 is 11.8 Å². The fraction of sp³-hybridized carbons (Fsp3) is 0.462. The third-order valence-electron chi connectivity index (χ3n) is 3.22. The van der Waals surface area contributed by atoms with Crippen molar-refractivity contribution in [1.82, 2.24) is 20.2 Å². The van der Waals surface area contributed by atoms with Gasteiger partial charge in [-0.25, -0.2) is 4.68 Å². The van der Waals surface area contributed by atoms with Gasteiger partial charge in [-0.05, 0) is 53.1 Å². The van der Waals surface area contributed by atoms with E-state index in [-0.39, 0.29) is 0 Å². The zero-order valence-corrected chi connectivity index (χ0v) is 11.5. The molecule has 1 fully saturated rings. The smallest absolute Gasteiger partial charge is 0.214 e. The summed E-state index contributed by atoms with van der Waals surface area (Å²) in [6.07, 6.45) is 2.56. The molecule has 1 saturated carbocycles. The van der Waals surface area contributed by atoms with Crippen LogP contribution in [0.3, 0.4) is 0 Å². The van der Waals surface area contributed by atoms with Gasteiger partial charge in [-0.2, -0.15) is 0 Å². The monoisotopic (exact) mass is 276 g/mol. The van der Waals surface area contributed by atoms with E-state index >= 15 is 0 Å². The summed E-state index contributed by atoms with van der Waals surface area (Å²) < 4.78 is 1.89. The second-order valence-electron chi connectivity index (χ2n) is 4.70. The molecular weight excluding hydrogens is 260 g/mol. The summed E-state index contributed by atoms with van der Waals surface area (Å²) in [5.74, 6) is 0. The molecule has 0 spiro atoms. The molecule has 0 saturated heterocycles. The van der Waals surface area contributed by atoms with Crippen LogP contribution in [-0.4, -0.2) is 25.3 Å². The van der Waals surface area contributed by atoms with Crippen LogP contribution in [0.1, 0.15) is 43.9 Å². The minimum Gasteiger partial charge on any atom is -0.388 e. The molecule has 0 unspecified atom stereocenters. The molecule has 2 aromatic rings. The van der Waals surface area contributed by atoms with Crippen molar-refractivity contribution < 1.29 is 5.11 Å². The molecule has 5 nitrogen and oxygen atoms in total. The Balaban J connectivity index is 1.88. The highest BCUT2D eigenvalue weighted by molar-refractivity contribution is 7.99. The lowest BCUT2D eigenvalue weighted by atomic mass is 10.1. The van der Waals surface area contributed by atoms with Gasteiger partial charge in [0, 0.05) is 4.90 Å². The molecule has 1 atom stereocenters. The maximum Gasteiger partial charge on any atom is 0.214 e. The molecule has 3 rings (SSSR count). The molecular formula is C13H16N4OS. The number of benzene rings is 1. The standard InChI is InChI=1S/C13H16N4OS/c1-2-11(18)10-5-3-4-6-12(10)19-13-14-15-16-17(13)9-7-8-9/h3-6,9,11,18H,2,7-8H2,1H3/t11-/m0/s1. The molecule has 1 aliphatic carbocycles. The molecule has 0 bridgehead atoms. The SMILES string of the molecule is CC[C@H](O)c1ccccc1Sc1nnnn1C1CC1. The molecule has 1 aliphatic rings. The van der Waals surface area contributed by atoms with Crippen LogP contribution in [0.15, 0.2) is 34.3 Å². The first-order valence-corrected chi connectivity index (χ1v) is 7.34. The molecule has 1 N–H and O–H groups in total. The molecule has 6 heteroatoms. The molecule has 19 heavy (non-hydrogen) atoms. The van der Waals surface area contributed by atoms with Crippen LogP contribution < -0.4 is 0 Å².